The lowest BCUT2D eigenvalue weighted by atomic mass is 10.2. The Morgan fingerprint density at radius 3 is 2.56 bits per heavy atom. The van der Waals surface area contributed by atoms with Gasteiger partial charge in [-0.3, -0.25) is 4.79 Å². The predicted molar refractivity (Wildman–Crippen MR) is 98.7 cm³/mol. The van der Waals surface area contributed by atoms with Gasteiger partial charge in [0.2, 0.25) is 5.82 Å². The number of carbonyl (C=O) groups is 1. The molecule has 3 aromatic rings. The summed E-state index contributed by atoms with van der Waals surface area (Å²) >= 11 is 3.42. The van der Waals surface area contributed by atoms with Gasteiger partial charge in [0.05, 0.1) is 12.3 Å². The van der Waals surface area contributed by atoms with Crippen LogP contribution in [0.15, 0.2) is 59.1 Å². The number of hydrogen-bond donors (Lipinski definition) is 1. The summed E-state index contributed by atoms with van der Waals surface area (Å²) < 4.78 is 7.58. The molecule has 0 spiro atoms. The maximum atomic E-state index is 12.3. The highest BCUT2D eigenvalue weighted by molar-refractivity contribution is 9.10. The molecule has 128 valence electrons. The number of aromatic nitrogens is 3. The molecule has 0 unspecified atom stereocenters. The molecule has 0 fully saturated rings. The minimum Gasteiger partial charge on any atom is -0.383 e. The first-order valence-corrected chi connectivity index (χ1v) is 8.54. The lowest BCUT2D eigenvalue weighted by Gasteiger charge is -2.05. The fourth-order valence-electron chi connectivity index (χ4n) is 2.29. The van der Waals surface area contributed by atoms with E-state index in [-0.39, 0.29) is 11.7 Å². The van der Waals surface area contributed by atoms with Crippen LogP contribution in [0.1, 0.15) is 10.6 Å². The number of benzene rings is 2. The smallest absolute Gasteiger partial charge is 0.291 e. The summed E-state index contributed by atoms with van der Waals surface area (Å²) in [6.07, 6.45) is 0. The zero-order valence-electron chi connectivity index (χ0n) is 13.6. The van der Waals surface area contributed by atoms with E-state index in [0.717, 1.165) is 15.7 Å². The van der Waals surface area contributed by atoms with Crippen molar-refractivity contribution >= 4 is 21.8 Å². The van der Waals surface area contributed by atoms with E-state index in [0.29, 0.717) is 19.0 Å². The van der Waals surface area contributed by atoms with E-state index < -0.39 is 0 Å². The van der Waals surface area contributed by atoms with E-state index in [4.69, 9.17) is 4.74 Å². The van der Waals surface area contributed by atoms with Gasteiger partial charge in [0.15, 0.2) is 5.82 Å². The number of nitrogens with one attached hydrogen (secondary N) is 1. The molecular weight excluding hydrogens is 384 g/mol. The average Bonchev–Trinajstić information content (AvgIpc) is 3.09. The number of nitrogens with zero attached hydrogens (tertiary/aromatic N) is 3. The minimum atomic E-state index is -0.329. The van der Waals surface area contributed by atoms with Crippen LogP contribution in [0.4, 0.5) is 0 Å². The lowest BCUT2D eigenvalue weighted by Crippen LogP contribution is -2.28. The molecule has 0 aliphatic rings. The molecule has 0 radical (unpaired) electrons. The summed E-state index contributed by atoms with van der Waals surface area (Å²) in [6, 6.07) is 17.3. The van der Waals surface area contributed by atoms with Gasteiger partial charge in [-0.15, -0.1) is 5.10 Å². The van der Waals surface area contributed by atoms with Gasteiger partial charge in [0.25, 0.3) is 5.91 Å². The molecule has 2 aromatic carbocycles. The minimum absolute atomic E-state index is 0.123. The summed E-state index contributed by atoms with van der Waals surface area (Å²) in [6.45, 7) is 0.841. The van der Waals surface area contributed by atoms with Crippen LogP contribution in [0.5, 0.6) is 0 Å². The number of halogens is 1. The molecule has 1 N–H and O–H groups in total. The summed E-state index contributed by atoms with van der Waals surface area (Å²) in [4.78, 5) is 16.7. The van der Waals surface area contributed by atoms with Crippen molar-refractivity contribution in [1.29, 1.82) is 0 Å². The third kappa shape index (κ3) is 4.12. The standard InChI is InChI=1S/C18H17BrN4O2/c1-25-12-11-20-18(24)16-21-17(13-5-3-2-4-6-13)23(22-16)15-9-7-14(19)8-10-15/h2-10H,11-12H2,1H3,(H,20,24). The van der Waals surface area contributed by atoms with E-state index in [9.17, 15) is 4.79 Å². The second-order valence-electron chi connectivity index (χ2n) is 5.26. The third-order valence-corrected chi connectivity index (χ3v) is 4.03. The summed E-state index contributed by atoms with van der Waals surface area (Å²) in [5.74, 6) is 0.405. The van der Waals surface area contributed by atoms with Crippen molar-refractivity contribution in [3.8, 4) is 17.1 Å². The van der Waals surface area contributed by atoms with Crippen molar-refractivity contribution in [3.05, 3.63) is 64.9 Å². The number of ether oxygens (including phenoxy) is 1. The van der Waals surface area contributed by atoms with Crippen molar-refractivity contribution < 1.29 is 9.53 Å². The Kier molecular flexibility index (Phi) is 5.57. The highest BCUT2D eigenvalue weighted by Crippen LogP contribution is 2.22. The Balaban J connectivity index is 2.00. The van der Waals surface area contributed by atoms with Crippen molar-refractivity contribution in [2.75, 3.05) is 20.3 Å². The predicted octanol–water partition coefficient (Wildman–Crippen LogP) is 3.07. The van der Waals surface area contributed by atoms with Crippen LogP contribution in [-0.2, 0) is 4.74 Å². The Bertz CT molecular complexity index is 847. The maximum absolute atomic E-state index is 12.3. The topological polar surface area (TPSA) is 69.0 Å². The summed E-state index contributed by atoms with van der Waals surface area (Å²) in [5, 5.41) is 7.15. The molecule has 3 rings (SSSR count). The largest absolute Gasteiger partial charge is 0.383 e. The maximum Gasteiger partial charge on any atom is 0.291 e. The molecule has 7 heteroatoms. The zero-order valence-corrected chi connectivity index (χ0v) is 15.2. The molecule has 25 heavy (non-hydrogen) atoms. The molecule has 1 heterocycles. The molecule has 0 bridgehead atoms. The second-order valence-corrected chi connectivity index (χ2v) is 6.18. The molecule has 0 saturated carbocycles. The van der Waals surface area contributed by atoms with E-state index in [1.807, 2.05) is 54.6 Å². The van der Waals surface area contributed by atoms with Gasteiger partial charge in [-0.05, 0) is 24.3 Å². The summed E-state index contributed by atoms with van der Waals surface area (Å²) in [5.41, 5.74) is 1.71. The Morgan fingerprint density at radius 2 is 1.88 bits per heavy atom. The number of methoxy groups -OCH3 is 1. The van der Waals surface area contributed by atoms with E-state index in [1.54, 1.807) is 11.8 Å². The van der Waals surface area contributed by atoms with Crippen LogP contribution >= 0.6 is 15.9 Å². The third-order valence-electron chi connectivity index (χ3n) is 3.51. The zero-order chi connectivity index (χ0) is 17.6. The van der Waals surface area contributed by atoms with Crippen molar-refractivity contribution in [2.45, 2.75) is 0 Å². The number of amides is 1. The van der Waals surface area contributed by atoms with Gasteiger partial charge < -0.3 is 10.1 Å². The van der Waals surface area contributed by atoms with Gasteiger partial charge in [-0.2, -0.15) is 0 Å². The van der Waals surface area contributed by atoms with Crippen LogP contribution in [0.3, 0.4) is 0 Å². The van der Waals surface area contributed by atoms with E-state index in [1.165, 1.54) is 0 Å². The molecule has 0 atom stereocenters. The van der Waals surface area contributed by atoms with Crippen LogP contribution in [0, 0.1) is 0 Å². The fraction of sp³-hybridized carbons (Fsp3) is 0.167. The SMILES string of the molecule is COCCNC(=O)c1nc(-c2ccccc2)n(-c2ccc(Br)cc2)n1. The first kappa shape index (κ1) is 17.3. The molecule has 6 nitrogen and oxygen atoms in total. The van der Waals surface area contributed by atoms with E-state index >= 15 is 0 Å². The number of carbonyl (C=O) groups excluding carboxylic acids is 1. The highest BCUT2D eigenvalue weighted by atomic mass is 79.9. The normalized spacial score (nSPS) is 10.6. The van der Waals surface area contributed by atoms with Gasteiger partial charge in [-0.25, -0.2) is 9.67 Å². The summed E-state index contributed by atoms with van der Waals surface area (Å²) in [7, 11) is 1.58. The molecule has 0 saturated heterocycles. The molecular formula is C18H17BrN4O2. The molecule has 1 amide bonds. The van der Waals surface area contributed by atoms with Crippen LogP contribution in [0.2, 0.25) is 0 Å². The van der Waals surface area contributed by atoms with Gasteiger partial charge in [0.1, 0.15) is 0 Å². The van der Waals surface area contributed by atoms with Gasteiger partial charge in [0, 0.05) is 23.7 Å². The van der Waals surface area contributed by atoms with Crippen LogP contribution < -0.4 is 5.32 Å². The fourth-order valence-corrected chi connectivity index (χ4v) is 2.55. The monoisotopic (exact) mass is 400 g/mol. The van der Waals surface area contributed by atoms with Crippen molar-refractivity contribution in [1.82, 2.24) is 20.1 Å². The van der Waals surface area contributed by atoms with Crippen molar-refractivity contribution in [3.63, 3.8) is 0 Å². The van der Waals surface area contributed by atoms with Crippen LogP contribution in [-0.4, -0.2) is 40.9 Å². The first-order chi connectivity index (χ1) is 12.2. The molecule has 0 aliphatic heterocycles. The van der Waals surface area contributed by atoms with Gasteiger partial charge >= 0.3 is 0 Å². The molecule has 0 aliphatic carbocycles. The second kappa shape index (κ2) is 8.04. The lowest BCUT2D eigenvalue weighted by molar-refractivity contribution is 0.0927. The Morgan fingerprint density at radius 1 is 1.16 bits per heavy atom. The van der Waals surface area contributed by atoms with Crippen molar-refractivity contribution in [2.24, 2.45) is 0 Å². The first-order valence-electron chi connectivity index (χ1n) is 7.74. The van der Waals surface area contributed by atoms with Crippen LogP contribution in [0.25, 0.3) is 17.1 Å². The highest BCUT2D eigenvalue weighted by Gasteiger charge is 2.18. The van der Waals surface area contributed by atoms with Gasteiger partial charge in [-0.1, -0.05) is 46.3 Å². The number of rotatable bonds is 6. The Hall–Kier alpha value is -2.51. The average molecular weight is 401 g/mol. The Labute approximate surface area is 154 Å². The van der Waals surface area contributed by atoms with E-state index in [2.05, 4.69) is 31.3 Å². The molecule has 1 aromatic heterocycles. The quantitative estimate of drug-likeness (QED) is 0.645. The number of hydrogen-bond acceptors (Lipinski definition) is 4.